The normalized spacial score (nSPS) is 10.5. The van der Waals surface area contributed by atoms with Gasteiger partial charge in [0.15, 0.2) is 5.75 Å². The molecule has 0 fully saturated rings. The topological polar surface area (TPSA) is 81.9 Å². The zero-order valence-corrected chi connectivity index (χ0v) is 13.6. The average Bonchev–Trinajstić information content (AvgIpc) is 2.98. The molecule has 3 aromatic heterocycles. The van der Waals surface area contributed by atoms with E-state index < -0.39 is 0 Å². The summed E-state index contributed by atoms with van der Waals surface area (Å²) in [5, 5.41) is 6.57. The van der Waals surface area contributed by atoms with Gasteiger partial charge in [-0.3, -0.25) is 14.5 Å². The molecule has 0 aliphatic rings. The minimum atomic E-state index is 0.443. The minimum Gasteiger partial charge on any atom is -0.455 e. The van der Waals surface area contributed by atoms with Gasteiger partial charge in [0, 0.05) is 31.1 Å². The maximum atomic E-state index is 10.4. The van der Waals surface area contributed by atoms with Gasteiger partial charge in [-0.2, -0.15) is 5.10 Å². The van der Waals surface area contributed by atoms with Crippen LogP contribution in [0.25, 0.3) is 11.3 Å². The summed E-state index contributed by atoms with van der Waals surface area (Å²) in [6.07, 6.45) is 6.94. The summed E-state index contributed by atoms with van der Waals surface area (Å²) >= 11 is 0. The Hall–Kier alpha value is -3.22. The first kappa shape index (κ1) is 15.7. The fourth-order valence-corrected chi connectivity index (χ4v) is 2.39. The van der Waals surface area contributed by atoms with Gasteiger partial charge in [0.2, 0.25) is 0 Å². The van der Waals surface area contributed by atoms with Crippen LogP contribution in [0.4, 0.5) is 5.82 Å². The molecule has 0 aliphatic carbocycles. The number of pyridine rings is 2. The molecule has 121 valence electrons. The van der Waals surface area contributed by atoms with Gasteiger partial charge in [0.25, 0.3) is 0 Å². The van der Waals surface area contributed by atoms with Crippen molar-refractivity contribution in [3.63, 3.8) is 0 Å². The van der Waals surface area contributed by atoms with Gasteiger partial charge in [-0.05, 0) is 31.5 Å². The molecule has 0 bridgehead atoms. The van der Waals surface area contributed by atoms with Crippen LogP contribution in [0.5, 0.6) is 11.5 Å². The summed E-state index contributed by atoms with van der Waals surface area (Å²) in [6.45, 7) is 3.71. The Bertz CT molecular complexity index is 865. The van der Waals surface area contributed by atoms with Crippen LogP contribution in [0.3, 0.4) is 0 Å². The zero-order chi connectivity index (χ0) is 17.1. The van der Waals surface area contributed by atoms with E-state index in [1.165, 1.54) is 0 Å². The van der Waals surface area contributed by atoms with Crippen molar-refractivity contribution < 1.29 is 9.53 Å². The molecule has 0 saturated heterocycles. The molecule has 3 heterocycles. The standard InChI is InChI=1S/C17H16N5O2/c1-11-6-16(19-10-23)21-12(2)17(11)24-14-4-5-18-15(7-14)13-8-20-22(3)9-13/h4-9H,1-3H3,(H,19,21,23). The third-order valence-electron chi connectivity index (χ3n) is 3.46. The smallest absolute Gasteiger partial charge is 0.315 e. The van der Waals surface area contributed by atoms with Gasteiger partial charge in [0.05, 0.1) is 17.6 Å². The van der Waals surface area contributed by atoms with E-state index in [0.717, 1.165) is 16.8 Å². The quantitative estimate of drug-likeness (QED) is 0.730. The van der Waals surface area contributed by atoms with Gasteiger partial charge in [-0.25, -0.2) is 4.98 Å². The molecule has 3 aromatic rings. The predicted molar refractivity (Wildman–Crippen MR) is 89.5 cm³/mol. The number of nitrogens with zero attached hydrogens (tertiary/aromatic N) is 4. The van der Waals surface area contributed by atoms with Crippen molar-refractivity contribution in [2.45, 2.75) is 13.8 Å². The van der Waals surface area contributed by atoms with Crippen molar-refractivity contribution in [2.75, 3.05) is 5.32 Å². The van der Waals surface area contributed by atoms with E-state index in [1.807, 2.05) is 33.2 Å². The van der Waals surface area contributed by atoms with Crippen molar-refractivity contribution >= 4 is 12.2 Å². The SMILES string of the molecule is Cc1cc(N[C]=O)nc(C)c1Oc1ccnc(-c2cnn(C)c2)c1. The van der Waals surface area contributed by atoms with Crippen LogP contribution in [-0.4, -0.2) is 26.2 Å². The lowest BCUT2D eigenvalue weighted by molar-refractivity contribution is 0.471. The van der Waals surface area contributed by atoms with Gasteiger partial charge < -0.3 is 10.1 Å². The molecule has 0 atom stereocenters. The second kappa shape index (κ2) is 6.49. The lowest BCUT2D eigenvalue weighted by Crippen LogP contribution is -2.01. The third kappa shape index (κ3) is 3.24. The molecular formula is C17H16N5O2. The van der Waals surface area contributed by atoms with Crippen LogP contribution < -0.4 is 10.1 Å². The Labute approximate surface area is 139 Å². The maximum Gasteiger partial charge on any atom is 0.315 e. The van der Waals surface area contributed by atoms with Crippen molar-refractivity contribution in [2.24, 2.45) is 7.05 Å². The van der Waals surface area contributed by atoms with Crippen molar-refractivity contribution in [1.29, 1.82) is 0 Å². The van der Waals surface area contributed by atoms with E-state index in [2.05, 4.69) is 20.4 Å². The first-order valence-electron chi connectivity index (χ1n) is 7.31. The monoisotopic (exact) mass is 322 g/mol. The number of aromatic nitrogens is 4. The Balaban J connectivity index is 1.90. The van der Waals surface area contributed by atoms with Gasteiger partial charge in [-0.1, -0.05) is 0 Å². The fraction of sp³-hybridized carbons (Fsp3) is 0.176. The molecular weight excluding hydrogens is 306 g/mol. The van der Waals surface area contributed by atoms with Crippen LogP contribution in [0, 0.1) is 13.8 Å². The van der Waals surface area contributed by atoms with Crippen LogP contribution in [0.1, 0.15) is 11.3 Å². The Morgan fingerprint density at radius 1 is 1.29 bits per heavy atom. The predicted octanol–water partition coefficient (Wildman–Crippen LogP) is 2.77. The molecule has 24 heavy (non-hydrogen) atoms. The summed E-state index contributed by atoms with van der Waals surface area (Å²) in [6, 6.07) is 5.36. The molecule has 0 saturated carbocycles. The van der Waals surface area contributed by atoms with Crippen LogP contribution in [0.2, 0.25) is 0 Å². The Morgan fingerprint density at radius 2 is 2.12 bits per heavy atom. The molecule has 0 unspecified atom stereocenters. The van der Waals surface area contributed by atoms with E-state index in [1.54, 1.807) is 35.6 Å². The molecule has 7 nitrogen and oxygen atoms in total. The zero-order valence-electron chi connectivity index (χ0n) is 13.6. The molecule has 0 aliphatic heterocycles. The second-order valence-electron chi connectivity index (χ2n) is 5.35. The molecule has 3 rings (SSSR count). The first-order chi connectivity index (χ1) is 11.6. The minimum absolute atomic E-state index is 0.443. The molecule has 0 aromatic carbocycles. The van der Waals surface area contributed by atoms with E-state index in [-0.39, 0.29) is 0 Å². The molecule has 1 amide bonds. The average molecular weight is 322 g/mol. The number of carbonyl (C=O) groups excluding carboxylic acids is 1. The van der Waals surface area contributed by atoms with Gasteiger partial charge >= 0.3 is 6.41 Å². The highest BCUT2D eigenvalue weighted by atomic mass is 16.5. The fourth-order valence-electron chi connectivity index (χ4n) is 2.39. The van der Waals surface area contributed by atoms with Gasteiger partial charge in [-0.15, -0.1) is 0 Å². The van der Waals surface area contributed by atoms with E-state index >= 15 is 0 Å². The van der Waals surface area contributed by atoms with Crippen molar-refractivity contribution in [3.8, 4) is 22.8 Å². The summed E-state index contributed by atoms with van der Waals surface area (Å²) in [4.78, 5) is 19.0. The number of ether oxygens (including phenoxy) is 1. The van der Waals surface area contributed by atoms with Crippen molar-refractivity contribution in [3.05, 3.63) is 48.0 Å². The number of hydrogen-bond donors (Lipinski definition) is 1. The molecule has 0 spiro atoms. The number of hydrogen-bond acceptors (Lipinski definition) is 5. The van der Waals surface area contributed by atoms with Crippen LogP contribution >= 0.6 is 0 Å². The maximum absolute atomic E-state index is 10.4. The summed E-state index contributed by atoms with van der Waals surface area (Å²) in [5.74, 6) is 1.74. The van der Waals surface area contributed by atoms with E-state index in [0.29, 0.717) is 23.0 Å². The largest absolute Gasteiger partial charge is 0.455 e. The van der Waals surface area contributed by atoms with E-state index in [9.17, 15) is 4.79 Å². The first-order valence-corrected chi connectivity index (χ1v) is 7.31. The lowest BCUT2D eigenvalue weighted by atomic mass is 10.2. The Morgan fingerprint density at radius 3 is 2.79 bits per heavy atom. The number of nitrogens with one attached hydrogen (secondary N) is 1. The third-order valence-corrected chi connectivity index (χ3v) is 3.46. The molecule has 1 radical (unpaired) electrons. The summed E-state index contributed by atoms with van der Waals surface area (Å²) in [5.41, 5.74) is 3.22. The highest BCUT2D eigenvalue weighted by Crippen LogP contribution is 2.30. The van der Waals surface area contributed by atoms with Crippen molar-refractivity contribution in [1.82, 2.24) is 19.7 Å². The van der Waals surface area contributed by atoms with Gasteiger partial charge in [0.1, 0.15) is 11.6 Å². The summed E-state index contributed by atoms with van der Waals surface area (Å²) in [7, 11) is 1.86. The lowest BCUT2D eigenvalue weighted by Gasteiger charge is -2.13. The van der Waals surface area contributed by atoms with Crippen LogP contribution in [-0.2, 0) is 11.8 Å². The highest BCUT2D eigenvalue weighted by Gasteiger charge is 2.11. The number of aryl methyl sites for hydroxylation is 3. The number of anilines is 1. The second-order valence-corrected chi connectivity index (χ2v) is 5.35. The molecule has 1 N–H and O–H groups in total. The Kier molecular flexibility index (Phi) is 4.24. The number of amides is 1. The molecule has 7 heteroatoms. The van der Waals surface area contributed by atoms with Crippen LogP contribution in [0.15, 0.2) is 36.8 Å². The van der Waals surface area contributed by atoms with E-state index in [4.69, 9.17) is 4.74 Å². The highest BCUT2D eigenvalue weighted by molar-refractivity contribution is 5.70. The summed E-state index contributed by atoms with van der Waals surface area (Å²) < 4.78 is 7.71. The number of rotatable bonds is 5.